The molecule has 0 fully saturated rings. The van der Waals surface area contributed by atoms with Crippen LogP contribution in [0.5, 0.6) is 0 Å². The van der Waals surface area contributed by atoms with Gasteiger partial charge in [0.1, 0.15) is 6.04 Å². The molecule has 0 aliphatic carbocycles. The molecule has 108 valence electrons. The van der Waals surface area contributed by atoms with Crippen LogP contribution in [0.4, 0.5) is 0 Å². The third-order valence-corrected chi connectivity index (χ3v) is 4.08. The second-order valence-electron chi connectivity index (χ2n) is 4.66. The van der Waals surface area contributed by atoms with Crippen LogP contribution < -0.4 is 4.72 Å². The number of carbonyl (C=O) groups is 1. The lowest BCUT2D eigenvalue weighted by atomic mass is 10.1. The van der Waals surface area contributed by atoms with Crippen LogP contribution in [-0.2, 0) is 21.4 Å². The third-order valence-electron chi connectivity index (χ3n) is 2.59. The largest absolute Gasteiger partial charge is 0.480 e. The monoisotopic (exact) mass is 289 g/mol. The molecular formula is C11H19N3O4S. The molecule has 1 aromatic heterocycles. The van der Waals surface area contributed by atoms with Gasteiger partial charge in [0.15, 0.2) is 5.03 Å². The van der Waals surface area contributed by atoms with Gasteiger partial charge in [0.25, 0.3) is 10.0 Å². The maximum atomic E-state index is 12.1. The summed E-state index contributed by atoms with van der Waals surface area (Å²) < 4.78 is 27.9. The first-order chi connectivity index (χ1) is 8.77. The Hall–Kier alpha value is -1.41. The number of carboxylic acid groups (broad SMARTS) is 1. The minimum absolute atomic E-state index is 0.0231. The zero-order valence-corrected chi connectivity index (χ0v) is 12.0. The lowest BCUT2D eigenvalue weighted by molar-refractivity contribution is -0.139. The van der Waals surface area contributed by atoms with Crippen LogP contribution in [0.3, 0.4) is 0 Å². The van der Waals surface area contributed by atoms with Gasteiger partial charge in [0.05, 0.1) is 12.5 Å². The lowest BCUT2D eigenvalue weighted by Crippen LogP contribution is -2.42. The van der Waals surface area contributed by atoms with Crippen LogP contribution in [0, 0.1) is 5.92 Å². The van der Waals surface area contributed by atoms with Gasteiger partial charge in [-0.1, -0.05) is 13.8 Å². The number of hydrogen-bond acceptors (Lipinski definition) is 4. The van der Waals surface area contributed by atoms with Crippen LogP contribution in [0.1, 0.15) is 27.2 Å². The molecule has 8 heteroatoms. The minimum atomic E-state index is -3.88. The van der Waals surface area contributed by atoms with E-state index in [0.717, 1.165) is 0 Å². The third kappa shape index (κ3) is 4.03. The fraction of sp³-hybridized carbons (Fsp3) is 0.636. The SMILES string of the molecule is CCn1cncc1S(=O)(=O)NC(CC(C)C)C(=O)O. The number of carboxylic acids is 1. The summed E-state index contributed by atoms with van der Waals surface area (Å²) in [4.78, 5) is 14.9. The van der Waals surface area contributed by atoms with Crippen molar-refractivity contribution in [1.29, 1.82) is 0 Å². The molecule has 1 unspecified atom stereocenters. The molecule has 1 rings (SSSR count). The van der Waals surface area contributed by atoms with Crippen molar-refractivity contribution in [1.82, 2.24) is 14.3 Å². The first kappa shape index (κ1) is 15.6. The minimum Gasteiger partial charge on any atom is -0.480 e. The standard InChI is InChI=1S/C11H19N3O4S/c1-4-14-7-12-6-10(14)19(17,18)13-9(11(15)16)5-8(2)3/h6-9,13H,4-5H2,1-3H3,(H,15,16). The number of rotatable bonds is 7. The van der Waals surface area contributed by atoms with Gasteiger partial charge in [-0.15, -0.1) is 0 Å². The van der Waals surface area contributed by atoms with Crippen LogP contribution >= 0.6 is 0 Å². The van der Waals surface area contributed by atoms with Crippen molar-refractivity contribution in [2.75, 3.05) is 0 Å². The van der Waals surface area contributed by atoms with Crippen molar-refractivity contribution in [3.05, 3.63) is 12.5 Å². The van der Waals surface area contributed by atoms with Crippen LogP contribution in [0.25, 0.3) is 0 Å². The Bertz CT molecular complexity index is 536. The van der Waals surface area contributed by atoms with E-state index in [1.54, 1.807) is 6.92 Å². The summed E-state index contributed by atoms with van der Waals surface area (Å²) in [5.74, 6) is -1.11. The number of imidazole rings is 1. The molecule has 1 atom stereocenters. The number of nitrogens with one attached hydrogen (secondary N) is 1. The van der Waals surface area contributed by atoms with Gasteiger partial charge in [-0.05, 0) is 19.3 Å². The molecule has 0 amide bonds. The van der Waals surface area contributed by atoms with Gasteiger partial charge >= 0.3 is 5.97 Å². The number of sulfonamides is 1. The van der Waals surface area contributed by atoms with E-state index in [9.17, 15) is 13.2 Å². The molecule has 0 aliphatic rings. The van der Waals surface area contributed by atoms with Crippen molar-refractivity contribution in [3.63, 3.8) is 0 Å². The normalized spacial score (nSPS) is 13.7. The zero-order chi connectivity index (χ0) is 14.6. The molecule has 0 bridgehead atoms. The molecule has 1 aromatic rings. The predicted octanol–water partition coefficient (Wildman–Crippen LogP) is 0.681. The highest BCUT2D eigenvalue weighted by atomic mass is 32.2. The van der Waals surface area contributed by atoms with E-state index in [1.807, 2.05) is 13.8 Å². The van der Waals surface area contributed by atoms with E-state index in [0.29, 0.717) is 6.54 Å². The summed E-state index contributed by atoms with van der Waals surface area (Å²) in [6.45, 7) is 5.89. The smallest absolute Gasteiger partial charge is 0.321 e. The molecule has 0 aliphatic heterocycles. The van der Waals surface area contributed by atoms with E-state index in [2.05, 4.69) is 9.71 Å². The van der Waals surface area contributed by atoms with Crippen molar-refractivity contribution in [3.8, 4) is 0 Å². The Labute approximate surface area is 112 Å². The number of hydrogen-bond donors (Lipinski definition) is 2. The molecule has 0 saturated carbocycles. The summed E-state index contributed by atoms with van der Waals surface area (Å²) in [5.41, 5.74) is 0. The Balaban J connectivity index is 2.97. The lowest BCUT2D eigenvalue weighted by Gasteiger charge is -2.16. The van der Waals surface area contributed by atoms with Gasteiger partial charge in [-0.2, -0.15) is 4.72 Å². The molecule has 0 aromatic carbocycles. The van der Waals surface area contributed by atoms with Crippen molar-refractivity contribution < 1.29 is 18.3 Å². The molecular weight excluding hydrogens is 270 g/mol. The second-order valence-corrected chi connectivity index (χ2v) is 6.32. The topological polar surface area (TPSA) is 101 Å². The maximum Gasteiger partial charge on any atom is 0.321 e. The first-order valence-corrected chi connectivity index (χ1v) is 7.51. The Morgan fingerprint density at radius 1 is 1.53 bits per heavy atom. The van der Waals surface area contributed by atoms with Gasteiger partial charge in [-0.3, -0.25) is 4.79 Å². The molecule has 1 heterocycles. The molecule has 0 saturated heterocycles. The number of nitrogens with zero attached hydrogens (tertiary/aromatic N) is 2. The van der Waals surface area contributed by atoms with Crippen molar-refractivity contribution in [2.24, 2.45) is 5.92 Å². The fourth-order valence-corrected chi connectivity index (χ4v) is 3.07. The number of aliphatic carboxylic acids is 1. The molecule has 19 heavy (non-hydrogen) atoms. The maximum absolute atomic E-state index is 12.1. The molecule has 2 N–H and O–H groups in total. The van der Waals surface area contributed by atoms with E-state index < -0.39 is 22.0 Å². The Morgan fingerprint density at radius 2 is 2.16 bits per heavy atom. The number of aryl methyl sites for hydroxylation is 1. The zero-order valence-electron chi connectivity index (χ0n) is 11.2. The van der Waals surface area contributed by atoms with Gasteiger partial charge in [0, 0.05) is 6.54 Å². The van der Waals surface area contributed by atoms with E-state index in [-0.39, 0.29) is 17.4 Å². The summed E-state index contributed by atoms with van der Waals surface area (Å²) in [5, 5.41) is 9.04. The average molecular weight is 289 g/mol. The van der Waals surface area contributed by atoms with Crippen molar-refractivity contribution >= 4 is 16.0 Å². The number of aromatic nitrogens is 2. The highest BCUT2D eigenvalue weighted by molar-refractivity contribution is 7.89. The highest BCUT2D eigenvalue weighted by Gasteiger charge is 2.27. The second kappa shape index (κ2) is 6.16. The van der Waals surface area contributed by atoms with Gasteiger partial charge in [-0.25, -0.2) is 13.4 Å². The molecule has 0 radical (unpaired) electrons. The fourth-order valence-electron chi connectivity index (χ4n) is 1.69. The van der Waals surface area contributed by atoms with Crippen molar-refractivity contribution in [2.45, 2.75) is 44.8 Å². The van der Waals surface area contributed by atoms with Gasteiger partial charge < -0.3 is 9.67 Å². The van der Waals surface area contributed by atoms with Crippen LogP contribution in [-0.4, -0.2) is 35.1 Å². The highest BCUT2D eigenvalue weighted by Crippen LogP contribution is 2.12. The Kier molecular flexibility index (Phi) is 5.07. The van der Waals surface area contributed by atoms with E-state index in [4.69, 9.17) is 5.11 Å². The van der Waals surface area contributed by atoms with E-state index >= 15 is 0 Å². The molecule has 7 nitrogen and oxygen atoms in total. The van der Waals surface area contributed by atoms with Crippen LogP contribution in [0.15, 0.2) is 17.6 Å². The first-order valence-electron chi connectivity index (χ1n) is 6.03. The van der Waals surface area contributed by atoms with E-state index in [1.165, 1.54) is 17.1 Å². The molecule has 0 spiro atoms. The van der Waals surface area contributed by atoms with Crippen LogP contribution in [0.2, 0.25) is 0 Å². The predicted molar refractivity (Wildman–Crippen MR) is 69.1 cm³/mol. The summed E-state index contributed by atoms with van der Waals surface area (Å²) in [7, 11) is -3.88. The summed E-state index contributed by atoms with van der Waals surface area (Å²) >= 11 is 0. The summed E-state index contributed by atoms with van der Waals surface area (Å²) in [6, 6.07) is -1.13. The quantitative estimate of drug-likeness (QED) is 0.768. The average Bonchev–Trinajstić information content (AvgIpc) is 2.75. The summed E-state index contributed by atoms with van der Waals surface area (Å²) in [6.07, 6.45) is 2.84. The Morgan fingerprint density at radius 3 is 2.63 bits per heavy atom. The van der Waals surface area contributed by atoms with Gasteiger partial charge in [0.2, 0.25) is 0 Å².